The van der Waals surface area contributed by atoms with Crippen molar-refractivity contribution in [3.8, 4) is 0 Å². The average molecular weight is 300 g/mol. The number of aliphatic hydroxyl groups excluding tert-OH is 1. The number of hydrogen-bond donors (Lipinski definition) is 2. The molecule has 0 aliphatic heterocycles. The number of rotatable bonds is 5. The van der Waals surface area contributed by atoms with Gasteiger partial charge < -0.3 is 10.4 Å². The van der Waals surface area contributed by atoms with Crippen LogP contribution in [-0.2, 0) is 6.54 Å². The third-order valence-corrected chi connectivity index (χ3v) is 3.46. The highest BCUT2D eigenvalue weighted by Crippen LogP contribution is 2.22. The van der Waals surface area contributed by atoms with E-state index >= 15 is 0 Å². The Bertz CT molecular complexity index is 329. The van der Waals surface area contributed by atoms with Crippen LogP contribution in [0.25, 0.3) is 0 Å². The average Bonchev–Trinajstić information content (AvgIpc) is 2.25. The van der Waals surface area contributed by atoms with Gasteiger partial charge in [-0.25, -0.2) is 0 Å². The van der Waals surface area contributed by atoms with Gasteiger partial charge in [-0.3, -0.25) is 0 Å². The Hall–Kier alpha value is -0.380. The van der Waals surface area contributed by atoms with Crippen LogP contribution >= 0.6 is 15.9 Å². The maximum atomic E-state index is 9.09. The Morgan fingerprint density at radius 1 is 1.24 bits per heavy atom. The van der Waals surface area contributed by atoms with E-state index in [1.54, 1.807) is 0 Å². The predicted molar refractivity (Wildman–Crippen MR) is 75.9 cm³/mol. The van der Waals surface area contributed by atoms with Crippen molar-refractivity contribution in [2.24, 2.45) is 5.41 Å². The van der Waals surface area contributed by atoms with E-state index in [0.29, 0.717) is 6.04 Å². The van der Waals surface area contributed by atoms with E-state index in [9.17, 15) is 0 Å². The monoisotopic (exact) mass is 299 g/mol. The maximum Gasteiger partial charge on any atom is 0.0446 e. The van der Waals surface area contributed by atoms with Crippen molar-refractivity contribution in [2.75, 3.05) is 6.61 Å². The third kappa shape index (κ3) is 5.19. The molecule has 1 rings (SSSR count). The summed E-state index contributed by atoms with van der Waals surface area (Å²) in [6.45, 7) is 7.66. The molecule has 0 saturated carbocycles. The van der Waals surface area contributed by atoms with Crippen LogP contribution in [0.2, 0.25) is 0 Å². The molecule has 1 unspecified atom stereocenters. The SMILES string of the molecule is CC(C)(C)C(CCO)NCc1ccc(Br)cc1. The smallest absolute Gasteiger partial charge is 0.0446 e. The van der Waals surface area contributed by atoms with Crippen molar-refractivity contribution >= 4 is 15.9 Å². The fraction of sp³-hybridized carbons (Fsp3) is 0.571. The highest BCUT2D eigenvalue weighted by molar-refractivity contribution is 9.10. The summed E-state index contributed by atoms with van der Waals surface area (Å²) >= 11 is 3.43. The highest BCUT2D eigenvalue weighted by atomic mass is 79.9. The second-order valence-electron chi connectivity index (χ2n) is 5.44. The van der Waals surface area contributed by atoms with Crippen molar-refractivity contribution in [3.63, 3.8) is 0 Å². The summed E-state index contributed by atoms with van der Waals surface area (Å²) in [4.78, 5) is 0. The first kappa shape index (κ1) is 14.7. The minimum Gasteiger partial charge on any atom is -0.396 e. The zero-order valence-electron chi connectivity index (χ0n) is 10.8. The molecule has 1 atom stereocenters. The molecule has 2 nitrogen and oxygen atoms in total. The van der Waals surface area contributed by atoms with Crippen LogP contribution in [0.3, 0.4) is 0 Å². The Morgan fingerprint density at radius 3 is 2.29 bits per heavy atom. The first-order chi connectivity index (χ1) is 7.93. The molecule has 2 N–H and O–H groups in total. The third-order valence-electron chi connectivity index (χ3n) is 2.93. The van der Waals surface area contributed by atoms with Crippen molar-refractivity contribution in [2.45, 2.75) is 39.8 Å². The zero-order valence-corrected chi connectivity index (χ0v) is 12.4. The molecular weight excluding hydrogens is 278 g/mol. The molecule has 0 bridgehead atoms. The van der Waals surface area contributed by atoms with Crippen LogP contribution in [0, 0.1) is 5.41 Å². The minimum atomic E-state index is 0.165. The van der Waals surface area contributed by atoms with Gasteiger partial charge in [-0.1, -0.05) is 48.8 Å². The van der Waals surface area contributed by atoms with Gasteiger partial charge >= 0.3 is 0 Å². The molecule has 96 valence electrons. The first-order valence-corrected chi connectivity index (χ1v) is 6.81. The van der Waals surface area contributed by atoms with Gasteiger partial charge in [0, 0.05) is 23.7 Å². The van der Waals surface area contributed by atoms with Crippen LogP contribution in [0.15, 0.2) is 28.7 Å². The normalized spacial score (nSPS) is 13.7. The second kappa shape index (κ2) is 6.53. The number of hydrogen-bond acceptors (Lipinski definition) is 2. The quantitative estimate of drug-likeness (QED) is 0.874. The summed E-state index contributed by atoms with van der Waals surface area (Å²) < 4.78 is 1.10. The standard InChI is InChI=1S/C14H22BrNO/c1-14(2,3)13(8-9-17)16-10-11-4-6-12(15)7-5-11/h4-7,13,16-17H,8-10H2,1-3H3. The van der Waals surface area contributed by atoms with Gasteiger partial charge in [0.05, 0.1) is 0 Å². The van der Waals surface area contributed by atoms with Gasteiger partial charge in [-0.15, -0.1) is 0 Å². The zero-order chi connectivity index (χ0) is 12.9. The second-order valence-corrected chi connectivity index (χ2v) is 6.35. The lowest BCUT2D eigenvalue weighted by molar-refractivity contribution is 0.196. The van der Waals surface area contributed by atoms with Gasteiger partial charge in [0.25, 0.3) is 0 Å². The Labute approximate surface area is 113 Å². The molecule has 0 heterocycles. The first-order valence-electron chi connectivity index (χ1n) is 6.02. The van der Waals surface area contributed by atoms with Gasteiger partial charge in [-0.2, -0.15) is 0 Å². The highest BCUT2D eigenvalue weighted by Gasteiger charge is 2.23. The maximum absolute atomic E-state index is 9.09. The molecule has 17 heavy (non-hydrogen) atoms. The van der Waals surface area contributed by atoms with Gasteiger partial charge in [0.1, 0.15) is 0 Å². The Morgan fingerprint density at radius 2 is 1.82 bits per heavy atom. The van der Waals surface area contributed by atoms with Crippen molar-refractivity contribution < 1.29 is 5.11 Å². The lowest BCUT2D eigenvalue weighted by Gasteiger charge is -2.31. The van der Waals surface area contributed by atoms with Crippen LogP contribution in [-0.4, -0.2) is 17.8 Å². The molecule has 0 fully saturated rings. The number of benzene rings is 1. The predicted octanol–water partition coefficient (Wildman–Crippen LogP) is 3.34. The van der Waals surface area contributed by atoms with Gasteiger partial charge in [-0.05, 0) is 29.5 Å². The minimum absolute atomic E-state index is 0.165. The lowest BCUT2D eigenvalue weighted by Crippen LogP contribution is -2.40. The topological polar surface area (TPSA) is 32.3 Å². The summed E-state index contributed by atoms with van der Waals surface area (Å²) in [5.41, 5.74) is 1.43. The molecule has 1 aromatic carbocycles. The van der Waals surface area contributed by atoms with Crippen molar-refractivity contribution in [1.82, 2.24) is 5.32 Å². The molecule has 0 spiro atoms. The van der Waals surface area contributed by atoms with Crippen LogP contribution in [0.5, 0.6) is 0 Å². The van der Waals surface area contributed by atoms with E-state index in [-0.39, 0.29) is 12.0 Å². The molecule has 1 aromatic rings. The summed E-state index contributed by atoms with van der Waals surface area (Å²) in [6, 6.07) is 8.65. The van der Waals surface area contributed by atoms with E-state index in [4.69, 9.17) is 5.11 Å². The molecule has 0 amide bonds. The summed E-state index contributed by atoms with van der Waals surface area (Å²) in [6.07, 6.45) is 0.792. The van der Waals surface area contributed by atoms with Crippen LogP contribution < -0.4 is 5.32 Å². The molecule has 3 heteroatoms. The van der Waals surface area contributed by atoms with E-state index in [1.807, 2.05) is 0 Å². The fourth-order valence-electron chi connectivity index (χ4n) is 1.81. The van der Waals surface area contributed by atoms with Crippen molar-refractivity contribution in [3.05, 3.63) is 34.3 Å². The molecule has 0 aromatic heterocycles. The molecule has 0 aliphatic rings. The molecule has 0 radical (unpaired) electrons. The molecule has 0 aliphatic carbocycles. The Kier molecular flexibility index (Phi) is 5.63. The van der Waals surface area contributed by atoms with Crippen molar-refractivity contribution in [1.29, 1.82) is 0 Å². The lowest BCUT2D eigenvalue weighted by atomic mass is 9.85. The van der Waals surface area contributed by atoms with E-state index in [2.05, 4.69) is 66.3 Å². The van der Waals surface area contributed by atoms with Gasteiger partial charge in [0.2, 0.25) is 0 Å². The molecule has 0 saturated heterocycles. The largest absolute Gasteiger partial charge is 0.396 e. The number of nitrogens with one attached hydrogen (secondary N) is 1. The van der Waals surface area contributed by atoms with Crippen LogP contribution in [0.4, 0.5) is 0 Å². The Balaban J connectivity index is 2.54. The molecular formula is C14H22BrNO. The summed E-state index contributed by atoms with van der Waals surface area (Å²) in [5.74, 6) is 0. The number of aliphatic hydroxyl groups is 1. The fourth-order valence-corrected chi connectivity index (χ4v) is 2.08. The summed E-state index contributed by atoms with van der Waals surface area (Å²) in [5, 5.41) is 12.6. The van der Waals surface area contributed by atoms with E-state index in [1.165, 1.54) is 5.56 Å². The number of halogens is 1. The van der Waals surface area contributed by atoms with E-state index < -0.39 is 0 Å². The van der Waals surface area contributed by atoms with E-state index in [0.717, 1.165) is 17.4 Å². The summed E-state index contributed by atoms with van der Waals surface area (Å²) in [7, 11) is 0. The van der Waals surface area contributed by atoms with Gasteiger partial charge in [0.15, 0.2) is 0 Å². The van der Waals surface area contributed by atoms with Crippen LogP contribution in [0.1, 0.15) is 32.8 Å².